The van der Waals surface area contributed by atoms with Crippen LogP contribution in [0.15, 0.2) is 30.7 Å². The van der Waals surface area contributed by atoms with Gasteiger partial charge in [-0.2, -0.15) is 0 Å². The Morgan fingerprint density at radius 2 is 2.15 bits per heavy atom. The molecule has 3 heterocycles. The van der Waals surface area contributed by atoms with Gasteiger partial charge < -0.3 is 0 Å². The van der Waals surface area contributed by atoms with E-state index >= 15 is 0 Å². The molecule has 4 nitrogen and oxygen atoms in total. The largest absolute Gasteiger partial charge is 0.299 e. The van der Waals surface area contributed by atoms with Crippen LogP contribution in [-0.4, -0.2) is 33.0 Å². The minimum absolute atomic E-state index is 0.527. The summed E-state index contributed by atoms with van der Waals surface area (Å²) < 4.78 is 2.06. The Morgan fingerprint density at radius 3 is 2.85 bits per heavy atom. The predicted octanol–water partition coefficient (Wildman–Crippen LogP) is 2.99. The van der Waals surface area contributed by atoms with Crippen molar-refractivity contribution in [2.24, 2.45) is 0 Å². The maximum Gasteiger partial charge on any atom is 0.137 e. The fraction of sp³-hybridized carbons (Fsp3) is 0.500. The van der Waals surface area contributed by atoms with E-state index in [1.54, 1.807) is 0 Å². The third-order valence-electron chi connectivity index (χ3n) is 4.21. The van der Waals surface area contributed by atoms with Gasteiger partial charge in [0.05, 0.1) is 0 Å². The molecule has 0 aromatic carbocycles. The minimum atomic E-state index is 0.527. The Kier molecular flexibility index (Phi) is 3.83. The van der Waals surface area contributed by atoms with Gasteiger partial charge >= 0.3 is 0 Å². The van der Waals surface area contributed by atoms with Crippen LogP contribution in [0.1, 0.15) is 43.6 Å². The maximum atomic E-state index is 4.64. The molecule has 0 unspecified atom stereocenters. The molecule has 106 valence electrons. The van der Waals surface area contributed by atoms with Crippen LogP contribution in [0, 0.1) is 0 Å². The van der Waals surface area contributed by atoms with Crippen molar-refractivity contribution in [3.05, 3.63) is 42.1 Å². The van der Waals surface area contributed by atoms with Crippen LogP contribution >= 0.6 is 0 Å². The Balaban J connectivity index is 1.84. The van der Waals surface area contributed by atoms with Gasteiger partial charge in [0.15, 0.2) is 0 Å². The van der Waals surface area contributed by atoms with Gasteiger partial charge in [-0.05, 0) is 38.1 Å². The molecular weight excluding hydrogens is 248 g/mol. The van der Waals surface area contributed by atoms with Crippen LogP contribution in [0.25, 0.3) is 5.82 Å². The number of rotatable bonds is 3. The average molecular weight is 270 g/mol. The highest BCUT2D eigenvalue weighted by atomic mass is 15.1. The van der Waals surface area contributed by atoms with E-state index in [1.165, 1.54) is 31.4 Å². The van der Waals surface area contributed by atoms with Gasteiger partial charge in [0, 0.05) is 31.1 Å². The van der Waals surface area contributed by atoms with Crippen LogP contribution in [0.3, 0.4) is 0 Å². The zero-order valence-corrected chi connectivity index (χ0v) is 12.3. The Labute approximate surface area is 120 Å². The smallest absolute Gasteiger partial charge is 0.137 e. The van der Waals surface area contributed by atoms with Crippen molar-refractivity contribution in [3.63, 3.8) is 0 Å². The molecule has 20 heavy (non-hydrogen) atoms. The second kappa shape index (κ2) is 5.75. The van der Waals surface area contributed by atoms with Crippen LogP contribution in [0.5, 0.6) is 0 Å². The molecule has 1 atom stereocenters. The first kappa shape index (κ1) is 13.3. The number of pyridine rings is 1. The van der Waals surface area contributed by atoms with E-state index in [2.05, 4.69) is 45.5 Å². The van der Waals surface area contributed by atoms with Gasteiger partial charge in [-0.25, -0.2) is 9.97 Å². The van der Waals surface area contributed by atoms with E-state index in [1.807, 2.05) is 18.6 Å². The Bertz CT molecular complexity index is 558. The number of hydrogen-bond donors (Lipinski definition) is 0. The number of aryl methyl sites for hydroxylation is 1. The molecule has 0 radical (unpaired) electrons. The van der Waals surface area contributed by atoms with Crippen molar-refractivity contribution >= 4 is 0 Å². The molecule has 0 aliphatic carbocycles. The molecule has 0 amide bonds. The third-order valence-corrected chi connectivity index (χ3v) is 4.21. The lowest BCUT2D eigenvalue weighted by molar-refractivity contribution is 0.187. The van der Waals surface area contributed by atoms with Crippen LogP contribution in [0.2, 0.25) is 0 Å². The summed E-state index contributed by atoms with van der Waals surface area (Å²) >= 11 is 0. The lowest BCUT2D eigenvalue weighted by Gasteiger charge is -2.32. The molecule has 1 aliphatic heterocycles. The van der Waals surface area contributed by atoms with Gasteiger partial charge in [-0.15, -0.1) is 0 Å². The second-order valence-electron chi connectivity index (χ2n) is 5.51. The molecular formula is C16H22N4. The Morgan fingerprint density at radius 1 is 1.25 bits per heavy atom. The Hall–Kier alpha value is -1.68. The average Bonchev–Trinajstić information content (AvgIpc) is 2.96. The summed E-state index contributed by atoms with van der Waals surface area (Å²) in [5.74, 6) is 2.02. The first-order valence-electron chi connectivity index (χ1n) is 7.48. The van der Waals surface area contributed by atoms with Gasteiger partial charge in [0.2, 0.25) is 0 Å². The number of piperidine rings is 1. The summed E-state index contributed by atoms with van der Waals surface area (Å²) in [6, 6.07) is 4.85. The molecule has 1 aliphatic rings. The van der Waals surface area contributed by atoms with E-state index in [4.69, 9.17) is 0 Å². The lowest BCUT2D eigenvalue weighted by Crippen LogP contribution is -2.29. The SMILES string of the molecule is CCc1nccn1-c1ccc([C@@H]2CCCCN2C)cn1. The molecule has 3 rings (SSSR count). The topological polar surface area (TPSA) is 34.0 Å². The van der Waals surface area contributed by atoms with Crippen molar-refractivity contribution in [1.29, 1.82) is 0 Å². The first-order chi connectivity index (χ1) is 9.79. The molecule has 0 N–H and O–H groups in total. The van der Waals surface area contributed by atoms with E-state index < -0.39 is 0 Å². The van der Waals surface area contributed by atoms with E-state index in [-0.39, 0.29) is 0 Å². The molecule has 1 saturated heterocycles. The van der Waals surface area contributed by atoms with Crippen LogP contribution in [0.4, 0.5) is 0 Å². The van der Waals surface area contributed by atoms with Gasteiger partial charge in [0.25, 0.3) is 0 Å². The number of hydrogen-bond acceptors (Lipinski definition) is 3. The van der Waals surface area contributed by atoms with Crippen LogP contribution in [-0.2, 0) is 6.42 Å². The molecule has 0 saturated carbocycles. The fourth-order valence-corrected chi connectivity index (χ4v) is 3.04. The summed E-state index contributed by atoms with van der Waals surface area (Å²) in [5, 5.41) is 0. The summed E-state index contributed by atoms with van der Waals surface area (Å²) in [7, 11) is 2.21. The van der Waals surface area contributed by atoms with Gasteiger partial charge in [0.1, 0.15) is 11.6 Å². The van der Waals surface area contributed by atoms with E-state index in [9.17, 15) is 0 Å². The van der Waals surface area contributed by atoms with Crippen molar-refractivity contribution in [1.82, 2.24) is 19.4 Å². The van der Waals surface area contributed by atoms with Crippen molar-refractivity contribution < 1.29 is 0 Å². The summed E-state index contributed by atoms with van der Waals surface area (Å²) in [4.78, 5) is 11.4. The zero-order valence-electron chi connectivity index (χ0n) is 12.3. The molecule has 1 fully saturated rings. The number of likely N-dealkylation sites (tertiary alicyclic amines) is 1. The minimum Gasteiger partial charge on any atom is -0.299 e. The predicted molar refractivity (Wildman–Crippen MR) is 80.0 cm³/mol. The van der Waals surface area contributed by atoms with Crippen molar-refractivity contribution in [3.8, 4) is 5.82 Å². The molecule has 0 spiro atoms. The highest BCUT2D eigenvalue weighted by Gasteiger charge is 2.20. The first-order valence-corrected chi connectivity index (χ1v) is 7.48. The monoisotopic (exact) mass is 270 g/mol. The van der Waals surface area contributed by atoms with Crippen LogP contribution < -0.4 is 0 Å². The number of imidazole rings is 1. The number of nitrogens with zero attached hydrogens (tertiary/aromatic N) is 4. The highest BCUT2D eigenvalue weighted by Crippen LogP contribution is 2.29. The standard InChI is InChI=1S/C16H22N4/c1-3-15-17-9-11-20(15)16-8-7-13(12-18-16)14-6-4-5-10-19(14)2/h7-9,11-12,14H,3-6,10H2,1-2H3/t14-/m0/s1. The fourth-order valence-electron chi connectivity index (χ4n) is 3.04. The van der Waals surface area contributed by atoms with E-state index in [0.717, 1.165) is 18.1 Å². The van der Waals surface area contributed by atoms with Gasteiger partial charge in [-0.3, -0.25) is 9.47 Å². The summed E-state index contributed by atoms with van der Waals surface area (Å²) in [5.41, 5.74) is 1.33. The zero-order chi connectivity index (χ0) is 13.9. The molecule has 2 aromatic heterocycles. The second-order valence-corrected chi connectivity index (χ2v) is 5.51. The maximum absolute atomic E-state index is 4.64. The molecule has 4 heteroatoms. The van der Waals surface area contributed by atoms with E-state index in [0.29, 0.717) is 6.04 Å². The van der Waals surface area contributed by atoms with Crippen molar-refractivity contribution in [2.75, 3.05) is 13.6 Å². The van der Waals surface area contributed by atoms with Gasteiger partial charge in [-0.1, -0.05) is 19.4 Å². The lowest BCUT2D eigenvalue weighted by atomic mass is 9.97. The molecule has 2 aromatic rings. The summed E-state index contributed by atoms with van der Waals surface area (Å²) in [6.45, 7) is 3.30. The third kappa shape index (κ3) is 2.48. The normalized spacial score (nSPS) is 20.2. The summed E-state index contributed by atoms with van der Waals surface area (Å²) in [6.07, 6.45) is 10.6. The number of aromatic nitrogens is 3. The quantitative estimate of drug-likeness (QED) is 0.860. The molecule has 0 bridgehead atoms. The highest BCUT2D eigenvalue weighted by molar-refractivity contribution is 5.28. The van der Waals surface area contributed by atoms with Crippen molar-refractivity contribution in [2.45, 2.75) is 38.6 Å².